The van der Waals surface area contributed by atoms with E-state index in [1.165, 1.54) is 0 Å². The highest BCUT2D eigenvalue weighted by molar-refractivity contribution is 6.04. The molecule has 98 valence electrons. The number of nitrogens with zero attached hydrogens (tertiary/aromatic N) is 1. The van der Waals surface area contributed by atoms with Crippen LogP contribution in [0.3, 0.4) is 0 Å². The number of carbonyl (C=O) groups is 1. The van der Waals surface area contributed by atoms with Crippen molar-refractivity contribution in [1.29, 1.82) is 0 Å². The van der Waals surface area contributed by atoms with Crippen molar-refractivity contribution in [3.05, 3.63) is 40.6 Å². The highest BCUT2D eigenvalue weighted by atomic mass is 16.5. The molecule has 0 saturated heterocycles. The van der Waals surface area contributed by atoms with Gasteiger partial charge in [0, 0.05) is 23.2 Å². The van der Waals surface area contributed by atoms with Gasteiger partial charge in [0.25, 0.3) is 5.91 Å². The molecule has 0 fully saturated rings. The van der Waals surface area contributed by atoms with Gasteiger partial charge in [0.15, 0.2) is 5.82 Å². The van der Waals surface area contributed by atoms with Crippen molar-refractivity contribution in [2.75, 3.05) is 11.9 Å². The van der Waals surface area contributed by atoms with Crippen LogP contribution in [0.2, 0.25) is 0 Å². The Labute approximate surface area is 111 Å². The maximum Gasteiger partial charge on any atom is 0.256 e. The molecule has 2 heterocycles. The minimum Gasteiger partial charge on any atom is -0.493 e. The highest BCUT2D eigenvalue weighted by Crippen LogP contribution is 2.26. The molecule has 2 N–H and O–H groups in total. The lowest BCUT2D eigenvalue weighted by molar-refractivity contribution is 0.102. The van der Waals surface area contributed by atoms with Crippen molar-refractivity contribution in [3.8, 4) is 5.75 Å². The Hall–Kier alpha value is -2.30. The van der Waals surface area contributed by atoms with E-state index in [-0.39, 0.29) is 5.91 Å². The van der Waals surface area contributed by atoms with Crippen LogP contribution >= 0.6 is 0 Å². The van der Waals surface area contributed by atoms with E-state index in [0.29, 0.717) is 18.0 Å². The van der Waals surface area contributed by atoms with Crippen LogP contribution in [-0.4, -0.2) is 22.7 Å². The van der Waals surface area contributed by atoms with Gasteiger partial charge in [0.1, 0.15) is 5.75 Å². The average molecular weight is 257 g/mol. The van der Waals surface area contributed by atoms with E-state index in [9.17, 15) is 4.79 Å². The highest BCUT2D eigenvalue weighted by Gasteiger charge is 2.16. The van der Waals surface area contributed by atoms with Gasteiger partial charge in [-0.3, -0.25) is 9.89 Å². The average Bonchev–Trinajstić information content (AvgIpc) is 2.99. The van der Waals surface area contributed by atoms with Gasteiger partial charge in [0.2, 0.25) is 0 Å². The Bertz CT molecular complexity index is 646. The maximum absolute atomic E-state index is 12.2. The summed E-state index contributed by atoms with van der Waals surface area (Å²) in [6, 6.07) is 5.50. The molecule has 0 bridgehead atoms. The number of fused-ring (bicyclic) bond motifs is 1. The van der Waals surface area contributed by atoms with Crippen molar-refractivity contribution < 1.29 is 9.53 Å². The van der Waals surface area contributed by atoms with E-state index in [1.807, 2.05) is 26.0 Å². The number of aromatic nitrogens is 2. The molecular weight excluding hydrogens is 242 g/mol. The van der Waals surface area contributed by atoms with Gasteiger partial charge in [-0.05, 0) is 37.6 Å². The SMILES string of the molecule is Cc1[nH]nc(NC(=O)c2ccc3c(c2)CCO3)c1C. The number of amides is 1. The minimum absolute atomic E-state index is 0.149. The lowest BCUT2D eigenvalue weighted by atomic mass is 10.1. The van der Waals surface area contributed by atoms with Gasteiger partial charge < -0.3 is 10.1 Å². The van der Waals surface area contributed by atoms with Crippen molar-refractivity contribution in [2.45, 2.75) is 20.3 Å². The smallest absolute Gasteiger partial charge is 0.256 e. The second-order valence-corrected chi connectivity index (χ2v) is 4.70. The standard InChI is InChI=1S/C14H15N3O2/c1-8-9(2)16-17-13(8)15-14(18)11-3-4-12-10(7-11)5-6-19-12/h3-4,7H,5-6H2,1-2H3,(H2,15,16,17,18). The van der Waals surface area contributed by atoms with E-state index in [1.54, 1.807) is 6.07 Å². The van der Waals surface area contributed by atoms with E-state index >= 15 is 0 Å². The van der Waals surface area contributed by atoms with E-state index < -0.39 is 0 Å². The number of hydrogen-bond donors (Lipinski definition) is 2. The Kier molecular flexibility index (Phi) is 2.74. The molecule has 0 spiro atoms. The van der Waals surface area contributed by atoms with Gasteiger partial charge in [-0.15, -0.1) is 0 Å². The number of carbonyl (C=O) groups excluding carboxylic acids is 1. The first-order valence-electron chi connectivity index (χ1n) is 6.24. The third-order valence-electron chi connectivity index (χ3n) is 3.44. The van der Waals surface area contributed by atoms with Gasteiger partial charge in [0.05, 0.1) is 6.61 Å². The lowest BCUT2D eigenvalue weighted by Crippen LogP contribution is -2.13. The monoisotopic (exact) mass is 257 g/mol. The molecule has 1 aliphatic heterocycles. The quantitative estimate of drug-likeness (QED) is 0.866. The minimum atomic E-state index is -0.149. The van der Waals surface area contributed by atoms with Gasteiger partial charge in [-0.1, -0.05) is 0 Å². The zero-order valence-corrected chi connectivity index (χ0v) is 10.9. The zero-order valence-electron chi connectivity index (χ0n) is 10.9. The molecule has 0 radical (unpaired) electrons. The molecule has 3 rings (SSSR count). The van der Waals surface area contributed by atoms with Crippen molar-refractivity contribution in [2.24, 2.45) is 0 Å². The van der Waals surface area contributed by atoms with Crippen molar-refractivity contribution in [1.82, 2.24) is 10.2 Å². The van der Waals surface area contributed by atoms with Crippen LogP contribution in [0.25, 0.3) is 0 Å². The fourth-order valence-corrected chi connectivity index (χ4v) is 2.11. The number of rotatable bonds is 2. The largest absolute Gasteiger partial charge is 0.493 e. The number of ether oxygens (including phenoxy) is 1. The third kappa shape index (κ3) is 2.07. The predicted molar refractivity (Wildman–Crippen MR) is 71.7 cm³/mol. The van der Waals surface area contributed by atoms with E-state index in [2.05, 4.69) is 15.5 Å². The Morgan fingerprint density at radius 1 is 1.42 bits per heavy atom. The number of H-pyrrole nitrogens is 1. The molecule has 5 heteroatoms. The van der Waals surface area contributed by atoms with Crippen molar-refractivity contribution >= 4 is 11.7 Å². The molecule has 0 atom stereocenters. The van der Waals surface area contributed by atoms with Crippen LogP contribution in [0, 0.1) is 13.8 Å². The predicted octanol–water partition coefficient (Wildman–Crippen LogP) is 2.21. The van der Waals surface area contributed by atoms with Crippen LogP contribution in [-0.2, 0) is 6.42 Å². The third-order valence-corrected chi connectivity index (χ3v) is 3.44. The number of benzene rings is 1. The van der Waals surface area contributed by atoms with Gasteiger partial charge in [-0.25, -0.2) is 0 Å². The summed E-state index contributed by atoms with van der Waals surface area (Å²) in [5.41, 5.74) is 3.63. The second kappa shape index (κ2) is 4.42. The molecule has 5 nitrogen and oxygen atoms in total. The summed E-state index contributed by atoms with van der Waals surface area (Å²) in [4.78, 5) is 12.2. The number of hydrogen-bond acceptors (Lipinski definition) is 3. The molecule has 19 heavy (non-hydrogen) atoms. The Balaban J connectivity index is 1.83. The number of aromatic amines is 1. The summed E-state index contributed by atoms with van der Waals surface area (Å²) < 4.78 is 5.42. The van der Waals surface area contributed by atoms with Crippen molar-refractivity contribution in [3.63, 3.8) is 0 Å². The molecule has 1 aromatic carbocycles. The van der Waals surface area contributed by atoms with Gasteiger partial charge in [-0.2, -0.15) is 5.10 Å². The second-order valence-electron chi connectivity index (χ2n) is 4.70. The van der Waals surface area contributed by atoms with Crippen LogP contribution in [0.15, 0.2) is 18.2 Å². The maximum atomic E-state index is 12.2. The lowest BCUT2D eigenvalue weighted by Gasteiger charge is -2.05. The Morgan fingerprint density at radius 3 is 3.00 bits per heavy atom. The van der Waals surface area contributed by atoms with Crippen LogP contribution in [0.4, 0.5) is 5.82 Å². The fraction of sp³-hybridized carbons (Fsp3) is 0.286. The summed E-state index contributed by atoms with van der Waals surface area (Å²) >= 11 is 0. The summed E-state index contributed by atoms with van der Waals surface area (Å²) in [6.45, 7) is 4.54. The molecule has 2 aromatic rings. The molecule has 0 unspecified atom stereocenters. The molecular formula is C14H15N3O2. The summed E-state index contributed by atoms with van der Waals surface area (Å²) in [5, 5.41) is 9.74. The van der Waals surface area contributed by atoms with E-state index in [4.69, 9.17) is 4.74 Å². The first-order valence-corrected chi connectivity index (χ1v) is 6.24. The Morgan fingerprint density at radius 2 is 2.26 bits per heavy atom. The summed E-state index contributed by atoms with van der Waals surface area (Å²) in [6.07, 6.45) is 0.858. The first kappa shape index (κ1) is 11.8. The van der Waals surface area contributed by atoms with E-state index in [0.717, 1.165) is 29.0 Å². The topological polar surface area (TPSA) is 67.0 Å². The number of anilines is 1. The summed E-state index contributed by atoms with van der Waals surface area (Å²) in [5.74, 6) is 1.31. The number of nitrogens with one attached hydrogen (secondary N) is 2. The molecule has 0 saturated carbocycles. The normalized spacial score (nSPS) is 12.9. The molecule has 1 aromatic heterocycles. The molecule has 1 aliphatic rings. The van der Waals surface area contributed by atoms with Gasteiger partial charge >= 0.3 is 0 Å². The number of aryl methyl sites for hydroxylation is 1. The van der Waals surface area contributed by atoms with Crippen LogP contribution in [0.1, 0.15) is 27.2 Å². The molecule has 1 amide bonds. The fourth-order valence-electron chi connectivity index (χ4n) is 2.11. The first-order chi connectivity index (χ1) is 9.15. The molecule has 0 aliphatic carbocycles. The van der Waals surface area contributed by atoms with Crippen LogP contribution in [0.5, 0.6) is 5.75 Å². The van der Waals surface area contributed by atoms with Crippen LogP contribution < -0.4 is 10.1 Å². The summed E-state index contributed by atoms with van der Waals surface area (Å²) in [7, 11) is 0. The zero-order chi connectivity index (χ0) is 13.4.